The summed E-state index contributed by atoms with van der Waals surface area (Å²) in [4.78, 5) is 14.7. The molecule has 1 fully saturated rings. The molecule has 0 aliphatic carbocycles. The molecule has 2 heteroatoms. The van der Waals surface area contributed by atoms with E-state index in [1.807, 2.05) is 0 Å². The van der Waals surface area contributed by atoms with Crippen molar-refractivity contribution in [2.24, 2.45) is 5.92 Å². The lowest BCUT2D eigenvalue weighted by Gasteiger charge is -2.36. The van der Waals surface area contributed by atoms with Gasteiger partial charge in [-0.05, 0) is 29.9 Å². The molecule has 2 nitrogen and oxygen atoms in total. The minimum absolute atomic E-state index is 0.310. The first-order chi connectivity index (χ1) is 11.8. The zero-order valence-corrected chi connectivity index (χ0v) is 14.5. The second-order valence-electron chi connectivity index (χ2n) is 6.79. The monoisotopic (exact) mass is 321 g/mol. The van der Waals surface area contributed by atoms with Gasteiger partial charge in [-0.1, -0.05) is 74.0 Å². The Bertz CT molecular complexity index is 598. The quantitative estimate of drug-likeness (QED) is 0.744. The number of benzene rings is 2. The molecule has 126 valence electrons. The molecule has 0 N–H and O–H groups in total. The highest BCUT2D eigenvalue weighted by atomic mass is 16.2. The van der Waals surface area contributed by atoms with Gasteiger partial charge >= 0.3 is 0 Å². The molecule has 1 saturated heterocycles. The van der Waals surface area contributed by atoms with Gasteiger partial charge in [0.25, 0.3) is 0 Å². The van der Waals surface area contributed by atoms with Crippen LogP contribution in [0.3, 0.4) is 0 Å². The molecule has 0 radical (unpaired) electrons. The number of amides is 1. The van der Waals surface area contributed by atoms with Crippen LogP contribution in [0.15, 0.2) is 60.7 Å². The van der Waals surface area contributed by atoms with Gasteiger partial charge < -0.3 is 4.90 Å². The molecule has 3 rings (SSSR count). The van der Waals surface area contributed by atoms with E-state index in [0.29, 0.717) is 24.2 Å². The second kappa shape index (κ2) is 8.14. The molecule has 0 aromatic heterocycles. The fourth-order valence-electron chi connectivity index (χ4n) is 3.83. The molecular weight excluding hydrogens is 294 g/mol. The number of carbonyl (C=O) groups excluding carboxylic acids is 1. The number of carbonyl (C=O) groups is 1. The first kappa shape index (κ1) is 16.8. The van der Waals surface area contributed by atoms with E-state index in [9.17, 15) is 4.79 Å². The zero-order valence-electron chi connectivity index (χ0n) is 14.5. The fourth-order valence-corrected chi connectivity index (χ4v) is 3.83. The van der Waals surface area contributed by atoms with Gasteiger partial charge in [-0.15, -0.1) is 0 Å². The lowest BCUT2D eigenvalue weighted by molar-refractivity contribution is -0.135. The average molecular weight is 321 g/mol. The molecule has 1 aliphatic rings. The van der Waals surface area contributed by atoms with E-state index in [0.717, 1.165) is 32.4 Å². The van der Waals surface area contributed by atoms with Crippen molar-refractivity contribution in [3.05, 3.63) is 71.8 Å². The summed E-state index contributed by atoms with van der Waals surface area (Å²) in [5.74, 6) is 1.03. The van der Waals surface area contributed by atoms with E-state index in [4.69, 9.17) is 0 Å². The third-order valence-electron chi connectivity index (χ3n) is 5.13. The average Bonchev–Trinajstić information content (AvgIpc) is 2.63. The Morgan fingerprint density at radius 1 is 1.00 bits per heavy atom. The summed E-state index contributed by atoms with van der Waals surface area (Å²) < 4.78 is 0. The Balaban J connectivity index is 1.81. The Kier molecular flexibility index (Phi) is 5.68. The van der Waals surface area contributed by atoms with Crippen LogP contribution >= 0.6 is 0 Å². The molecule has 2 aromatic rings. The minimum Gasteiger partial charge on any atom is -0.343 e. The summed E-state index contributed by atoms with van der Waals surface area (Å²) in [6, 6.07) is 21.3. The smallest absolute Gasteiger partial charge is 0.222 e. The van der Waals surface area contributed by atoms with Gasteiger partial charge in [0.1, 0.15) is 0 Å². The topological polar surface area (TPSA) is 20.3 Å². The van der Waals surface area contributed by atoms with E-state index in [-0.39, 0.29) is 0 Å². The lowest BCUT2D eigenvalue weighted by atomic mass is 9.76. The van der Waals surface area contributed by atoms with Gasteiger partial charge in [-0.25, -0.2) is 0 Å². The van der Waals surface area contributed by atoms with Crippen LogP contribution in [0, 0.1) is 5.92 Å². The van der Waals surface area contributed by atoms with Crippen LogP contribution < -0.4 is 0 Å². The van der Waals surface area contributed by atoms with Crippen LogP contribution in [0.1, 0.15) is 49.7 Å². The molecule has 0 bridgehead atoms. The third kappa shape index (κ3) is 3.87. The Hall–Kier alpha value is -2.09. The van der Waals surface area contributed by atoms with Gasteiger partial charge in [0.15, 0.2) is 0 Å². The molecule has 1 atom stereocenters. The molecule has 2 aromatic carbocycles. The zero-order chi connectivity index (χ0) is 16.8. The highest BCUT2D eigenvalue weighted by molar-refractivity contribution is 5.77. The van der Waals surface area contributed by atoms with Crippen LogP contribution in [-0.2, 0) is 4.79 Å². The number of hydrogen-bond acceptors (Lipinski definition) is 1. The van der Waals surface area contributed by atoms with Crippen LogP contribution in [0.4, 0.5) is 0 Å². The summed E-state index contributed by atoms with van der Waals surface area (Å²) in [5, 5.41) is 0. The van der Waals surface area contributed by atoms with Crippen molar-refractivity contribution in [2.75, 3.05) is 13.1 Å². The van der Waals surface area contributed by atoms with E-state index in [1.165, 1.54) is 11.1 Å². The van der Waals surface area contributed by atoms with Crippen molar-refractivity contribution in [1.82, 2.24) is 4.90 Å². The molecule has 24 heavy (non-hydrogen) atoms. The van der Waals surface area contributed by atoms with Crippen molar-refractivity contribution in [1.29, 1.82) is 0 Å². The summed E-state index contributed by atoms with van der Waals surface area (Å²) in [6.45, 7) is 4.00. The maximum Gasteiger partial charge on any atom is 0.222 e. The maximum absolute atomic E-state index is 12.6. The van der Waals surface area contributed by atoms with Crippen molar-refractivity contribution < 1.29 is 4.79 Å². The van der Waals surface area contributed by atoms with Crippen molar-refractivity contribution in [3.8, 4) is 0 Å². The standard InChI is InChI=1S/C22H27NO/c1-2-3-15-23-16-14-20(17-21(23)24)22(18-10-6-4-7-11-18)19-12-8-5-9-13-19/h4-13,20,22H,2-3,14-17H2,1H3. The predicted molar refractivity (Wildman–Crippen MR) is 98.9 cm³/mol. The third-order valence-corrected chi connectivity index (χ3v) is 5.13. The van der Waals surface area contributed by atoms with E-state index in [1.54, 1.807) is 0 Å². The van der Waals surface area contributed by atoms with E-state index < -0.39 is 0 Å². The molecule has 1 unspecified atom stereocenters. The minimum atomic E-state index is 0.310. The first-order valence-corrected chi connectivity index (χ1v) is 9.17. The normalized spacial score (nSPS) is 18.2. The summed E-state index contributed by atoms with van der Waals surface area (Å²) >= 11 is 0. The van der Waals surface area contributed by atoms with Crippen LogP contribution in [0.2, 0.25) is 0 Å². The predicted octanol–water partition coefficient (Wildman–Crippen LogP) is 4.86. The van der Waals surface area contributed by atoms with Crippen molar-refractivity contribution in [3.63, 3.8) is 0 Å². The van der Waals surface area contributed by atoms with Gasteiger partial charge in [0.05, 0.1) is 0 Å². The first-order valence-electron chi connectivity index (χ1n) is 9.17. The summed E-state index contributed by atoms with van der Waals surface area (Å²) in [5.41, 5.74) is 2.65. The number of unbranched alkanes of at least 4 members (excludes halogenated alkanes) is 1. The van der Waals surface area contributed by atoms with Crippen LogP contribution in [0.5, 0.6) is 0 Å². The SMILES string of the molecule is CCCCN1CCC(C(c2ccccc2)c2ccccc2)CC1=O. The highest BCUT2D eigenvalue weighted by Gasteiger charge is 2.32. The van der Waals surface area contributed by atoms with Crippen LogP contribution in [-0.4, -0.2) is 23.9 Å². The Labute approximate surface area is 145 Å². The lowest BCUT2D eigenvalue weighted by Crippen LogP contribution is -2.40. The fraction of sp³-hybridized carbons (Fsp3) is 0.409. The van der Waals surface area contributed by atoms with Gasteiger partial charge in [0.2, 0.25) is 5.91 Å². The van der Waals surface area contributed by atoms with Gasteiger partial charge in [0, 0.05) is 25.4 Å². The number of hydrogen-bond donors (Lipinski definition) is 0. The molecule has 1 aliphatic heterocycles. The highest BCUT2D eigenvalue weighted by Crippen LogP contribution is 2.38. The number of likely N-dealkylation sites (tertiary alicyclic amines) is 1. The molecule has 1 amide bonds. The van der Waals surface area contributed by atoms with Crippen molar-refractivity contribution >= 4 is 5.91 Å². The molecule has 0 saturated carbocycles. The summed E-state index contributed by atoms with van der Waals surface area (Å²) in [6.07, 6.45) is 4.00. The molecule has 0 spiro atoms. The van der Waals surface area contributed by atoms with E-state index >= 15 is 0 Å². The van der Waals surface area contributed by atoms with Crippen LogP contribution in [0.25, 0.3) is 0 Å². The summed E-state index contributed by atoms with van der Waals surface area (Å²) in [7, 11) is 0. The van der Waals surface area contributed by atoms with Gasteiger partial charge in [-0.2, -0.15) is 0 Å². The second-order valence-corrected chi connectivity index (χ2v) is 6.79. The Morgan fingerprint density at radius 2 is 1.58 bits per heavy atom. The maximum atomic E-state index is 12.6. The van der Waals surface area contributed by atoms with Crippen molar-refractivity contribution in [2.45, 2.75) is 38.5 Å². The Morgan fingerprint density at radius 3 is 2.08 bits per heavy atom. The molecule has 1 heterocycles. The molecular formula is C22H27NO. The van der Waals surface area contributed by atoms with Gasteiger partial charge in [-0.3, -0.25) is 4.79 Å². The number of rotatable bonds is 6. The largest absolute Gasteiger partial charge is 0.343 e. The number of nitrogens with zero attached hydrogens (tertiary/aromatic N) is 1. The van der Waals surface area contributed by atoms with E-state index in [2.05, 4.69) is 72.5 Å². The number of piperidine rings is 1.